The van der Waals surface area contributed by atoms with E-state index in [0.717, 1.165) is 6.08 Å². The first-order chi connectivity index (χ1) is 8.87. The van der Waals surface area contributed by atoms with Gasteiger partial charge in [0, 0.05) is 26.7 Å². The fourth-order valence-electron chi connectivity index (χ4n) is 1.22. The van der Waals surface area contributed by atoms with Crippen LogP contribution in [0, 0.1) is 0 Å². The average molecular weight is 269 g/mol. The number of esters is 2. The maximum absolute atomic E-state index is 11.7. The predicted molar refractivity (Wildman–Crippen MR) is 69.2 cm³/mol. The first-order valence-corrected chi connectivity index (χ1v) is 5.67. The minimum Gasteiger partial charge on any atom is -0.465 e. The van der Waals surface area contributed by atoms with E-state index in [1.807, 2.05) is 0 Å². The van der Waals surface area contributed by atoms with E-state index in [9.17, 15) is 14.4 Å². The molecule has 0 amide bonds. The Morgan fingerprint density at radius 2 is 1.47 bits per heavy atom. The van der Waals surface area contributed by atoms with E-state index in [2.05, 4.69) is 9.47 Å². The molecule has 106 valence electrons. The van der Waals surface area contributed by atoms with Crippen LogP contribution < -0.4 is 0 Å². The molecule has 0 N–H and O–H groups in total. The molecule has 0 unspecified atom stereocenters. The molecule has 19 heavy (non-hydrogen) atoms. The van der Waals surface area contributed by atoms with Crippen molar-refractivity contribution in [1.29, 1.82) is 0 Å². The quantitative estimate of drug-likeness (QED) is 0.401. The van der Waals surface area contributed by atoms with Gasteiger partial charge in [0.15, 0.2) is 5.78 Å². The van der Waals surface area contributed by atoms with Crippen LogP contribution >= 0.6 is 0 Å². The number of ketones is 1. The Morgan fingerprint density at radius 1 is 1.00 bits per heavy atom. The van der Waals surface area contributed by atoms with Crippen LogP contribution in [-0.4, -0.2) is 50.9 Å². The highest BCUT2D eigenvalue weighted by Gasteiger charge is 2.23. The molecule has 0 aromatic carbocycles. The van der Waals surface area contributed by atoms with Gasteiger partial charge in [-0.05, 0) is 6.08 Å². The Bertz CT molecular complexity index is 421. The van der Waals surface area contributed by atoms with Gasteiger partial charge >= 0.3 is 11.9 Å². The smallest absolute Gasteiger partial charge is 0.340 e. The summed E-state index contributed by atoms with van der Waals surface area (Å²) in [6.07, 6.45) is 2.71. The van der Waals surface area contributed by atoms with Crippen molar-refractivity contribution in [3.63, 3.8) is 0 Å². The van der Waals surface area contributed by atoms with Crippen LogP contribution in [-0.2, 0) is 23.9 Å². The summed E-state index contributed by atoms with van der Waals surface area (Å²) >= 11 is 0. The summed E-state index contributed by atoms with van der Waals surface area (Å²) in [5.74, 6) is -1.76. The van der Waals surface area contributed by atoms with Crippen molar-refractivity contribution in [3.8, 4) is 0 Å². The molecule has 0 fully saturated rings. The molecule has 6 heteroatoms. The Labute approximate surface area is 112 Å². The fraction of sp³-hybridized carbons (Fsp3) is 0.462. The van der Waals surface area contributed by atoms with Crippen LogP contribution in [0.1, 0.15) is 13.3 Å². The number of hydrogen-bond donors (Lipinski definition) is 0. The molecule has 0 spiro atoms. The third-order valence-corrected chi connectivity index (χ3v) is 2.14. The summed E-state index contributed by atoms with van der Waals surface area (Å²) in [7, 11) is 5.73. The maximum Gasteiger partial charge on any atom is 0.340 e. The summed E-state index contributed by atoms with van der Waals surface area (Å²) in [4.78, 5) is 36.4. The molecule has 0 aromatic rings. The van der Waals surface area contributed by atoms with Crippen LogP contribution in [0.3, 0.4) is 0 Å². The molecule has 0 saturated heterocycles. The van der Waals surface area contributed by atoms with Gasteiger partial charge in [-0.2, -0.15) is 0 Å². The van der Waals surface area contributed by atoms with Crippen molar-refractivity contribution in [2.75, 3.05) is 28.3 Å². The lowest BCUT2D eigenvalue weighted by molar-refractivity contribution is -0.139. The van der Waals surface area contributed by atoms with Crippen LogP contribution in [0.2, 0.25) is 0 Å². The van der Waals surface area contributed by atoms with Crippen molar-refractivity contribution in [1.82, 2.24) is 4.90 Å². The van der Waals surface area contributed by atoms with Gasteiger partial charge < -0.3 is 14.4 Å². The zero-order valence-corrected chi connectivity index (χ0v) is 11.9. The minimum atomic E-state index is -0.764. The predicted octanol–water partition coefficient (Wildman–Crippen LogP) is 0.683. The SMILES string of the molecule is CCC(=O)/C=C(C(=O)OC)\C(=C\N(C)C)C(=O)OC. The highest BCUT2D eigenvalue weighted by molar-refractivity contribution is 6.10. The van der Waals surface area contributed by atoms with Gasteiger partial charge in [0.2, 0.25) is 0 Å². The molecule has 0 aromatic heterocycles. The van der Waals surface area contributed by atoms with Gasteiger partial charge in [0.1, 0.15) is 0 Å². The van der Waals surface area contributed by atoms with Crippen LogP contribution in [0.25, 0.3) is 0 Å². The van der Waals surface area contributed by atoms with E-state index in [1.165, 1.54) is 20.4 Å². The highest BCUT2D eigenvalue weighted by atomic mass is 16.5. The Hall–Kier alpha value is -2.11. The molecule has 0 aliphatic carbocycles. The lowest BCUT2D eigenvalue weighted by Crippen LogP contribution is -2.19. The molecular weight excluding hydrogens is 250 g/mol. The number of methoxy groups -OCH3 is 2. The molecular formula is C13H19NO5. The van der Waals surface area contributed by atoms with Crippen LogP contribution in [0.5, 0.6) is 0 Å². The van der Waals surface area contributed by atoms with Gasteiger partial charge in [-0.1, -0.05) is 6.92 Å². The van der Waals surface area contributed by atoms with E-state index in [4.69, 9.17) is 0 Å². The van der Waals surface area contributed by atoms with Gasteiger partial charge in [0.05, 0.1) is 25.4 Å². The van der Waals surface area contributed by atoms with Crippen molar-refractivity contribution >= 4 is 17.7 Å². The maximum atomic E-state index is 11.7. The first kappa shape index (κ1) is 16.9. The molecule has 0 atom stereocenters. The number of ether oxygens (including phenoxy) is 2. The van der Waals surface area contributed by atoms with E-state index in [-0.39, 0.29) is 23.4 Å². The van der Waals surface area contributed by atoms with Crippen molar-refractivity contribution in [3.05, 3.63) is 23.4 Å². The van der Waals surface area contributed by atoms with E-state index in [1.54, 1.807) is 25.9 Å². The highest BCUT2D eigenvalue weighted by Crippen LogP contribution is 2.15. The standard InChI is InChI=1S/C13H19NO5/c1-6-9(15)7-10(12(16)18-4)11(8-14(2)3)13(17)19-5/h7-8H,6H2,1-5H3/b10-7+,11-8-. The Balaban J connectivity index is 5.77. The molecule has 0 bridgehead atoms. The van der Waals surface area contributed by atoms with Gasteiger partial charge in [-0.3, -0.25) is 4.79 Å². The number of nitrogens with zero attached hydrogens (tertiary/aromatic N) is 1. The molecule has 0 saturated carbocycles. The molecule has 6 nitrogen and oxygen atoms in total. The normalized spacial score (nSPS) is 11.8. The number of rotatable bonds is 6. The molecule has 0 heterocycles. The fourth-order valence-corrected chi connectivity index (χ4v) is 1.22. The average Bonchev–Trinajstić information content (AvgIpc) is 2.40. The summed E-state index contributed by atoms with van der Waals surface area (Å²) < 4.78 is 9.20. The zero-order valence-electron chi connectivity index (χ0n) is 11.9. The van der Waals surface area contributed by atoms with Crippen molar-refractivity contribution in [2.24, 2.45) is 0 Å². The lowest BCUT2D eigenvalue weighted by atomic mass is 10.0. The van der Waals surface area contributed by atoms with Crippen molar-refractivity contribution in [2.45, 2.75) is 13.3 Å². The number of carbonyl (C=O) groups excluding carboxylic acids is 3. The topological polar surface area (TPSA) is 72.9 Å². The summed E-state index contributed by atoms with van der Waals surface area (Å²) in [5.41, 5.74) is -0.143. The van der Waals surface area contributed by atoms with Crippen LogP contribution in [0.4, 0.5) is 0 Å². The van der Waals surface area contributed by atoms with E-state index >= 15 is 0 Å². The first-order valence-electron chi connectivity index (χ1n) is 5.67. The summed E-state index contributed by atoms with van der Waals surface area (Å²) in [6, 6.07) is 0. The molecule has 0 rings (SSSR count). The largest absolute Gasteiger partial charge is 0.465 e. The third-order valence-electron chi connectivity index (χ3n) is 2.14. The number of hydrogen-bond acceptors (Lipinski definition) is 6. The minimum absolute atomic E-state index is 0.0267. The molecule has 0 aliphatic heterocycles. The second kappa shape index (κ2) is 8.07. The molecule has 0 aliphatic rings. The molecule has 0 radical (unpaired) electrons. The van der Waals surface area contributed by atoms with E-state index in [0.29, 0.717) is 0 Å². The third kappa shape index (κ3) is 5.37. The Kier molecular flexibility index (Phi) is 7.18. The monoisotopic (exact) mass is 269 g/mol. The second-order valence-corrected chi connectivity index (χ2v) is 3.87. The van der Waals surface area contributed by atoms with Crippen LogP contribution in [0.15, 0.2) is 23.4 Å². The Morgan fingerprint density at radius 3 is 1.84 bits per heavy atom. The second-order valence-electron chi connectivity index (χ2n) is 3.87. The summed E-state index contributed by atoms with van der Waals surface area (Å²) in [6.45, 7) is 1.65. The van der Waals surface area contributed by atoms with Gasteiger partial charge in [0.25, 0.3) is 0 Å². The number of allylic oxidation sites excluding steroid dienone is 1. The summed E-state index contributed by atoms with van der Waals surface area (Å²) in [5, 5.41) is 0. The van der Waals surface area contributed by atoms with Gasteiger partial charge in [-0.25, -0.2) is 9.59 Å². The van der Waals surface area contributed by atoms with Gasteiger partial charge in [-0.15, -0.1) is 0 Å². The van der Waals surface area contributed by atoms with Crippen molar-refractivity contribution < 1.29 is 23.9 Å². The zero-order chi connectivity index (χ0) is 15.0. The lowest BCUT2D eigenvalue weighted by Gasteiger charge is -2.12. The van der Waals surface area contributed by atoms with E-state index < -0.39 is 11.9 Å². The number of carbonyl (C=O) groups is 3.